The Morgan fingerprint density at radius 1 is 1.37 bits per heavy atom. The second kappa shape index (κ2) is 5.33. The number of hydrogen-bond donors (Lipinski definition) is 1. The van der Waals surface area contributed by atoms with Crippen LogP contribution in [0.4, 0.5) is 0 Å². The van der Waals surface area contributed by atoms with Gasteiger partial charge in [0.1, 0.15) is 0 Å². The van der Waals surface area contributed by atoms with Gasteiger partial charge in [-0.3, -0.25) is 4.79 Å². The molecule has 3 atom stereocenters. The van der Waals surface area contributed by atoms with Gasteiger partial charge in [0, 0.05) is 25.7 Å². The first-order valence-electron chi connectivity index (χ1n) is 7.37. The summed E-state index contributed by atoms with van der Waals surface area (Å²) in [4.78, 5) is 14.9. The average molecular weight is 258 g/mol. The minimum atomic E-state index is 0.0283. The fourth-order valence-corrected chi connectivity index (χ4v) is 3.56. The summed E-state index contributed by atoms with van der Waals surface area (Å²) < 4.78 is 0. The van der Waals surface area contributed by atoms with Crippen molar-refractivity contribution < 1.29 is 4.79 Å². The van der Waals surface area contributed by atoms with Gasteiger partial charge in [-0.1, -0.05) is 37.3 Å². The van der Waals surface area contributed by atoms with Gasteiger partial charge in [0.25, 0.3) is 0 Å². The molecule has 1 N–H and O–H groups in total. The minimum Gasteiger partial charge on any atom is -0.338 e. The van der Waals surface area contributed by atoms with E-state index in [0.29, 0.717) is 17.9 Å². The van der Waals surface area contributed by atoms with Crippen LogP contribution in [0, 0.1) is 5.92 Å². The number of fused-ring (bicyclic) bond motifs is 1. The van der Waals surface area contributed by atoms with Crippen molar-refractivity contribution >= 4 is 5.91 Å². The van der Waals surface area contributed by atoms with Crippen LogP contribution in [0.15, 0.2) is 30.3 Å². The molecule has 0 aliphatic carbocycles. The largest absolute Gasteiger partial charge is 0.338 e. The van der Waals surface area contributed by atoms with Crippen LogP contribution in [0.2, 0.25) is 0 Å². The summed E-state index contributed by atoms with van der Waals surface area (Å²) in [6, 6.07) is 10.6. The lowest BCUT2D eigenvalue weighted by molar-refractivity contribution is -0.133. The number of hydrogen-bond acceptors (Lipinski definition) is 2. The molecule has 1 aromatic rings. The highest BCUT2D eigenvalue weighted by Gasteiger charge is 2.41. The van der Waals surface area contributed by atoms with Crippen molar-refractivity contribution in [1.82, 2.24) is 10.2 Å². The molecule has 1 aromatic carbocycles. The Balaban J connectivity index is 1.78. The van der Waals surface area contributed by atoms with E-state index in [2.05, 4.69) is 29.3 Å². The van der Waals surface area contributed by atoms with E-state index in [9.17, 15) is 4.79 Å². The van der Waals surface area contributed by atoms with Crippen LogP contribution in [0.3, 0.4) is 0 Å². The van der Waals surface area contributed by atoms with Gasteiger partial charge in [0.05, 0.1) is 5.92 Å². The molecule has 1 unspecified atom stereocenters. The molecule has 2 saturated heterocycles. The summed E-state index contributed by atoms with van der Waals surface area (Å²) in [6.45, 7) is 5.10. The van der Waals surface area contributed by atoms with E-state index >= 15 is 0 Å². The van der Waals surface area contributed by atoms with E-state index in [0.717, 1.165) is 38.0 Å². The number of nitrogens with one attached hydrogen (secondary N) is 1. The molecule has 3 nitrogen and oxygen atoms in total. The predicted molar refractivity (Wildman–Crippen MR) is 76.0 cm³/mol. The standard InChI is InChI=1S/C16H22N2O/c1-2-14(12-6-4-3-5-7-12)16(19)18-9-8-13-10-17-11-15(13)18/h3-7,13-15,17H,2,8-11H2,1H3/t13-,14?,15+/m0/s1. The van der Waals surface area contributed by atoms with Gasteiger partial charge in [-0.15, -0.1) is 0 Å². The summed E-state index contributed by atoms with van der Waals surface area (Å²) in [7, 11) is 0. The molecule has 0 bridgehead atoms. The fraction of sp³-hybridized carbons (Fsp3) is 0.562. The molecule has 2 fully saturated rings. The van der Waals surface area contributed by atoms with E-state index in [4.69, 9.17) is 0 Å². The topological polar surface area (TPSA) is 32.3 Å². The molecule has 0 radical (unpaired) electrons. The molecule has 0 saturated carbocycles. The van der Waals surface area contributed by atoms with Gasteiger partial charge in [0.2, 0.25) is 5.91 Å². The molecule has 102 valence electrons. The lowest BCUT2D eigenvalue weighted by Gasteiger charge is -2.28. The third-order valence-corrected chi connectivity index (χ3v) is 4.64. The number of carbonyl (C=O) groups is 1. The van der Waals surface area contributed by atoms with Gasteiger partial charge in [-0.05, 0) is 24.3 Å². The molecule has 2 aliphatic heterocycles. The lowest BCUT2D eigenvalue weighted by atomic mass is 9.94. The summed E-state index contributed by atoms with van der Waals surface area (Å²) in [6.07, 6.45) is 2.04. The van der Waals surface area contributed by atoms with Crippen molar-refractivity contribution in [3.05, 3.63) is 35.9 Å². The van der Waals surface area contributed by atoms with Crippen LogP contribution in [0.1, 0.15) is 31.2 Å². The first kappa shape index (κ1) is 12.7. The summed E-state index contributed by atoms with van der Waals surface area (Å²) in [5.74, 6) is 1.03. The highest BCUT2D eigenvalue weighted by atomic mass is 16.2. The molecule has 0 aromatic heterocycles. The van der Waals surface area contributed by atoms with Crippen molar-refractivity contribution in [3.63, 3.8) is 0 Å². The molecular weight excluding hydrogens is 236 g/mol. The number of nitrogens with zero attached hydrogens (tertiary/aromatic N) is 1. The maximum absolute atomic E-state index is 12.8. The number of carbonyl (C=O) groups excluding carboxylic acids is 1. The number of likely N-dealkylation sites (tertiary alicyclic amines) is 1. The van der Waals surface area contributed by atoms with E-state index in [-0.39, 0.29) is 5.92 Å². The van der Waals surface area contributed by atoms with E-state index in [1.165, 1.54) is 0 Å². The van der Waals surface area contributed by atoms with E-state index < -0.39 is 0 Å². The third-order valence-electron chi connectivity index (χ3n) is 4.64. The Morgan fingerprint density at radius 2 is 2.16 bits per heavy atom. The van der Waals surface area contributed by atoms with E-state index in [1.807, 2.05) is 18.2 Å². The molecule has 1 amide bonds. The first-order chi connectivity index (χ1) is 9.31. The summed E-state index contributed by atoms with van der Waals surface area (Å²) >= 11 is 0. The number of amides is 1. The van der Waals surface area contributed by atoms with Crippen LogP contribution in [0.5, 0.6) is 0 Å². The Labute approximate surface area is 115 Å². The molecule has 2 heterocycles. The molecule has 0 spiro atoms. The van der Waals surface area contributed by atoms with Crippen LogP contribution in [0.25, 0.3) is 0 Å². The smallest absolute Gasteiger partial charge is 0.230 e. The maximum Gasteiger partial charge on any atom is 0.230 e. The Kier molecular flexibility index (Phi) is 3.56. The van der Waals surface area contributed by atoms with Crippen molar-refractivity contribution in [2.75, 3.05) is 19.6 Å². The Morgan fingerprint density at radius 3 is 2.89 bits per heavy atom. The van der Waals surface area contributed by atoms with Crippen molar-refractivity contribution in [2.24, 2.45) is 5.92 Å². The Bertz CT molecular complexity index is 445. The van der Waals surface area contributed by atoms with Crippen molar-refractivity contribution in [1.29, 1.82) is 0 Å². The zero-order chi connectivity index (χ0) is 13.2. The highest BCUT2D eigenvalue weighted by molar-refractivity contribution is 5.84. The zero-order valence-electron chi connectivity index (χ0n) is 11.5. The normalized spacial score (nSPS) is 27.3. The monoisotopic (exact) mass is 258 g/mol. The zero-order valence-corrected chi connectivity index (χ0v) is 11.5. The van der Waals surface area contributed by atoms with Crippen molar-refractivity contribution in [3.8, 4) is 0 Å². The van der Waals surface area contributed by atoms with Crippen LogP contribution >= 0.6 is 0 Å². The summed E-state index contributed by atoms with van der Waals surface area (Å²) in [5, 5.41) is 3.41. The van der Waals surface area contributed by atoms with Gasteiger partial charge < -0.3 is 10.2 Å². The quantitative estimate of drug-likeness (QED) is 0.899. The Hall–Kier alpha value is -1.35. The van der Waals surface area contributed by atoms with Gasteiger partial charge in [-0.25, -0.2) is 0 Å². The molecule has 19 heavy (non-hydrogen) atoms. The fourth-order valence-electron chi connectivity index (χ4n) is 3.56. The highest BCUT2D eigenvalue weighted by Crippen LogP contribution is 2.31. The predicted octanol–water partition coefficient (Wildman–Crippen LogP) is 2.00. The average Bonchev–Trinajstić information content (AvgIpc) is 3.03. The second-order valence-electron chi connectivity index (χ2n) is 5.68. The molecule has 3 rings (SSSR count). The second-order valence-corrected chi connectivity index (χ2v) is 5.68. The van der Waals surface area contributed by atoms with E-state index in [1.54, 1.807) is 0 Å². The lowest BCUT2D eigenvalue weighted by Crippen LogP contribution is -2.41. The van der Waals surface area contributed by atoms with Crippen LogP contribution < -0.4 is 5.32 Å². The number of benzene rings is 1. The summed E-state index contributed by atoms with van der Waals surface area (Å²) in [5.41, 5.74) is 1.16. The SMILES string of the molecule is CCC(C(=O)N1CC[C@H]2CNC[C@H]21)c1ccccc1. The third kappa shape index (κ3) is 2.27. The molecule has 3 heteroatoms. The first-order valence-corrected chi connectivity index (χ1v) is 7.37. The molecular formula is C16H22N2O. The molecule has 2 aliphatic rings. The van der Waals surface area contributed by atoms with Gasteiger partial charge >= 0.3 is 0 Å². The maximum atomic E-state index is 12.8. The van der Waals surface area contributed by atoms with Gasteiger partial charge in [-0.2, -0.15) is 0 Å². The van der Waals surface area contributed by atoms with Crippen molar-refractivity contribution in [2.45, 2.75) is 31.7 Å². The van der Waals surface area contributed by atoms with Crippen LogP contribution in [-0.4, -0.2) is 36.5 Å². The number of rotatable bonds is 3. The van der Waals surface area contributed by atoms with Gasteiger partial charge in [0.15, 0.2) is 0 Å². The van der Waals surface area contributed by atoms with Crippen LogP contribution in [-0.2, 0) is 4.79 Å². The minimum absolute atomic E-state index is 0.0283.